The predicted octanol–water partition coefficient (Wildman–Crippen LogP) is 2.44. The lowest BCUT2D eigenvalue weighted by atomic mass is 9.86. The highest BCUT2D eigenvalue weighted by molar-refractivity contribution is 4.89. The van der Waals surface area contributed by atoms with Gasteiger partial charge in [-0.2, -0.15) is 4.90 Å². The summed E-state index contributed by atoms with van der Waals surface area (Å²) in [4.78, 5) is 2.65. The van der Waals surface area contributed by atoms with Gasteiger partial charge < -0.3 is 0 Å². The molecule has 0 amide bonds. The van der Waals surface area contributed by atoms with Crippen LogP contribution in [0.2, 0.25) is 0 Å². The number of fused-ring (bicyclic) bond motifs is 3. The van der Waals surface area contributed by atoms with E-state index >= 15 is 0 Å². The summed E-state index contributed by atoms with van der Waals surface area (Å²) in [6.07, 6.45) is 10.5. The molecule has 15 heavy (non-hydrogen) atoms. The number of hydrogen-bond acceptors (Lipinski definition) is 2. The van der Waals surface area contributed by atoms with Gasteiger partial charge in [-0.3, -0.25) is 5.32 Å². The lowest BCUT2D eigenvalue weighted by Gasteiger charge is -2.37. The lowest BCUT2D eigenvalue weighted by Crippen LogP contribution is -2.59. The number of unbranched alkanes of at least 4 members (excludes halogenated alkanes) is 3. The number of piperidine rings is 3. The molecular formula is C13H26N2+. The first-order chi connectivity index (χ1) is 7.40. The van der Waals surface area contributed by atoms with Gasteiger partial charge in [-0.05, 0) is 12.3 Å². The molecule has 3 saturated heterocycles. The molecule has 3 heterocycles. The maximum absolute atomic E-state index is 3.74. The monoisotopic (exact) mass is 210 g/mol. The second-order valence-corrected chi connectivity index (χ2v) is 5.25. The van der Waals surface area contributed by atoms with Crippen LogP contribution in [0.1, 0.15) is 51.9 Å². The van der Waals surface area contributed by atoms with Gasteiger partial charge in [-0.15, -0.1) is 0 Å². The number of nitrogens with zero attached hydrogens (tertiary/aromatic N) is 1. The first-order valence-corrected chi connectivity index (χ1v) is 6.87. The van der Waals surface area contributed by atoms with Crippen LogP contribution in [0.3, 0.4) is 0 Å². The van der Waals surface area contributed by atoms with Gasteiger partial charge in [-0.1, -0.05) is 26.2 Å². The first kappa shape index (κ1) is 11.4. The maximum Gasteiger partial charge on any atom is 0.186 e. The highest BCUT2D eigenvalue weighted by Crippen LogP contribution is 2.28. The van der Waals surface area contributed by atoms with Crippen molar-refractivity contribution in [1.82, 2.24) is 10.2 Å². The Morgan fingerprint density at radius 3 is 2.53 bits per heavy atom. The van der Waals surface area contributed by atoms with Crippen LogP contribution in [0.4, 0.5) is 0 Å². The fourth-order valence-corrected chi connectivity index (χ4v) is 3.00. The summed E-state index contributed by atoms with van der Waals surface area (Å²) in [5.74, 6) is 1.03. The number of hydrogen-bond donors (Lipinski definition) is 1. The fraction of sp³-hybridized carbons (Fsp3) is 1.00. The molecule has 0 aliphatic carbocycles. The standard InChI is InChI=1S/C13H26N2/c1-2-3-4-5-8-14-13-11-12-6-9-15(13)10-7-12/h12-14H,2-11H2,1H3/q+1. The van der Waals surface area contributed by atoms with Gasteiger partial charge in [0, 0.05) is 25.8 Å². The van der Waals surface area contributed by atoms with E-state index in [1.165, 1.54) is 64.6 Å². The molecule has 3 fully saturated rings. The lowest BCUT2D eigenvalue weighted by molar-refractivity contribution is 0.106. The molecule has 3 rings (SSSR count). The van der Waals surface area contributed by atoms with Crippen LogP contribution < -0.4 is 10.2 Å². The summed E-state index contributed by atoms with van der Waals surface area (Å²) < 4.78 is 0. The molecule has 87 valence electrons. The Balaban J connectivity index is 1.59. The van der Waals surface area contributed by atoms with E-state index in [9.17, 15) is 0 Å². The van der Waals surface area contributed by atoms with Crippen molar-refractivity contribution in [1.29, 1.82) is 0 Å². The van der Waals surface area contributed by atoms with Crippen LogP contribution in [0.25, 0.3) is 0 Å². The molecule has 1 atom stereocenters. The molecule has 1 radical (unpaired) electrons. The van der Waals surface area contributed by atoms with Gasteiger partial charge in [0.2, 0.25) is 0 Å². The second-order valence-electron chi connectivity index (χ2n) is 5.25. The van der Waals surface area contributed by atoms with Crippen LogP contribution in [-0.4, -0.2) is 25.8 Å². The summed E-state index contributed by atoms with van der Waals surface area (Å²) in [6, 6.07) is 0. The van der Waals surface area contributed by atoms with Crippen molar-refractivity contribution >= 4 is 0 Å². The minimum Gasteiger partial charge on any atom is -0.264 e. The maximum atomic E-state index is 3.74. The van der Waals surface area contributed by atoms with E-state index in [1.54, 1.807) is 0 Å². The van der Waals surface area contributed by atoms with Crippen LogP contribution in [0.5, 0.6) is 0 Å². The second kappa shape index (κ2) is 5.86. The van der Waals surface area contributed by atoms with E-state index in [0.717, 1.165) is 12.1 Å². The molecule has 0 aromatic heterocycles. The predicted molar refractivity (Wildman–Crippen MR) is 65.1 cm³/mol. The molecule has 2 bridgehead atoms. The van der Waals surface area contributed by atoms with Gasteiger partial charge in [0.15, 0.2) is 6.17 Å². The number of rotatable bonds is 6. The third kappa shape index (κ3) is 3.18. The van der Waals surface area contributed by atoms with E-state index < -0.39 is 0 Å². The van der Waals surface area contributed by atoms with Crippen LogP contribution in [0, 0.1) is 5.92 Å². The zero-order valence-corrected chi connectivity index (χ0v) is 10.2. The highest BCUT2D eigenvalue weighted by atomic mass is 15.3. The van der Waals surface area contributed by atoms with Crippen molar-refractivity contribution in [2.75, 3.05) is 19.6 Å². The van der Waals surface area contributed by atoms with Crippen molar-refractivity contribution in [2.45, 2.75) is 58.0 Å². The topological polar surface area (TPSA) is 17.9 Å². The van der Waals surface area contributed by atoms with Crippen molar-refractivity contribution in [3.05, 3.63) is 0 Å². The van der Waals surface area contributed by atoms with Crippen LogP contribution in [-0.2, 0) is 0 Å². The Morgan fingerprint density at radius 1 is 1.13 bits per heavy atom. The fourth-order valence-electron chi connectivity index (χ4n) is 3.00. The van der Waals surface area contributed by atoms with E-state index in [2.05, 4.69) is 17.1 Å². The van der Waals surface area contributed by atoms with Gasteiger partial charge in [-0.25, -0.2) is 0 Å². The highest BCUT2D eigenvalue weighted by Gasteiger charge is 2.40. The average molecular weight is 210 g/mol. The molecule has 2 nitrogen and oxygen atoms in total. The van der Waals surface area contributed by atoms with E-state index in [0.29, 0.717) is 0 Å². The summed E-state index contributed by atoms with van der Waals surface area (Å²) in [5, 5.41) is 3.74. The van der Waals surface area contributed by atoms with E-state index in [4.69, 9.17) is 0 Å². The molecule has 0 saturated carbocycles. The summed E-state index contributed by atoms with van der Waals surface area (Å²) in [7, 11) is 0. The Bertz CT molecular complexity index is 173. The number of nitrogens with one attached hydrogen (secondary N) is 1. The molecule has 3 aliphatic heterocycles. The van der Waals surface area contributed by atoms with Crippen LogP contribution >= 0.6 is 0 Å². The first-order valence-electron chi connectivity index (χ1n) is 6.87. The van der Waals surface area contributed by atoms with Crippen molar-refractivity contribution in [3.8, 4) is 0 Å². The van der Waals surface area contributed by atoms with Crippen molar-refractivity contribution in [3.63, 3.8) is 0 Å². The average Bonchev–Trinajstić information content (AvgIpc) is 2.30. The molecule has 3 aliphatic rings. The Kier molecular flexibility index (Phi) is 4.45. The van der Waals surface area contributed by atoms with Gasteiger partial charge in [0.05, 0.1) is 0 Å². The zero-order chi connectivity index (χ0) is 10.5. The SMILES string of the molecule is CCCCCCNC1CC2CC[N+]1CC2. The molecule has 0 aromatic carbocycles. The molecular weight excluding hydrogens is 184 g/mol. The summed E-state index contributed by atoms with van der Waals surface area (Å²) in [6.45, 7) is 6.20. The molecule has 0 spiro atoms. The van der Waals surface area contributed by atoms with Gasteiger partial charge in [0.25, 0.3) is 0 Å². The minimum atomic E-state index is 0.721. The summed E-state index contributed by atoms with van der Waals surface area (Å²) in [5.41, 5.74) is 0. The smallest absolute Gasteiger partial charge is 0.186 e. The van der Waals surface area contributed by atoms with Crippen molar-refractivity contribution < 1.29 is 0 Å². The zero-order valence-electron chi connectivity index (χ0n) is 10.2. The van der Waals surface area contributed by atoms with Crippen LogP contribution in [0.15, 0.2) is 0 Å². The molecule has 0 aromatic rings. The summed E-state index contributed by atoms with van der Waals surface area (Å²) >= 11 is 0. The third-order valence-electron chi connectivity index (χ3n) is 4.06. The van der Waals surface area contributed by atoms with E-state index in [-0.39, 0.29) is 0 Å². The van der Waals surface area contributed by atoms with Gasteiger partial charge in [0.1, 0.15) is 13.1 Å². The largest absolute Gasteiger partial charge is 0.264 e. The third-order valence-corrected chi connectivity index (χ3v) is 4.06. The van der Waals surface area contributed by atoms with Gasteiger partial charge >= 0.3 is 0 Å². The molecule has 2 heteroatoms. The quantitative estimate of drug-likeness (QED) is 0.526. The molecule has 1 N–H and O–H groups in total. The Labute approximate surface area is 94.4 Å². The van der Waals surface area contributed by atoms with Crippen molar-refractivity contribution in [2.24, 2.45) is 5.92 Å². The normalized spacial score (nSPS) is 34.6. The Hall–Kier alpha value is -0.0800. The Morgan fingerprint density at radius 2 is 1.93 bits per heavy atom. The van der Waals surface area contributed by atoms with E-state index in [1.807, 2.05) is 0 Å². The minimum absolute atomic E-state index is 0.721. The molecule has 1 unspecified atom stereocenters.